The van der Waals surface area contributed by atoms with E-state index in [1.54, 1.807) is 10.9 Å². The molecule has 1 aromatic carbocycles. The standard InChI is InChI=1S/C15H14N4/c1-11-4-2-3-5-14(11)12-8-18-19(10-12)15-7-6-13(16)9-17-15/h2-10H,16H2,1H3. The van der Waals surface area contributed by atoms with Crippen LogP contribution in [0.25, 0.3) is 16.9 Å². The Bertz CT molecular complexity index is 698. The number of rotatable bonds is 2. The minimum absolute atomic E-state index is 0.648. The molecule has 0 radical (unpaired) electrons. The Morgan fingerprint density at radius 1 is 1.05 bits per heavy atom. The normalized spacial score (nSPS) is 10.6. The van der Waals surface area contributed by atoms with Crippen molar-refractivity contribution >= 4 is 5.69 Å². The maximum atomic E-state index is 5.63. The summed E-state index contributed by atoms with van der Waals surface area (Å²) in [6.45, 7) is 2.09. The molecule has 0 fully saturated rings. The lowest BCUT2D eigenvalue weighted by atomic mass is 10.0. The number of nitrogens with two attached hydrogens (primary N) is 1. The van der Waals surface area contributed by atoms with Gasteiger partial charge >= 0.3 is 0 Å². The summed E-state index contributed by atoms with van der Waals surface area (Å²) in [6, 6.07) is 11.9. The summed E-state index contributed by atoms with van der Waals surface area (Å²) in [5.74, 6) is 0.758. The first-order valence-electron chi connectivity index (χ1n) is 6.06. The summed E-state index contributed by atoms with van der Waals surface area (Å²) >= 11 is 0. The van der Waals surface area contributed by atoms with Crippen molar-refractivity contribution in [1.82, 2.24) is 14.8 Å². The lowest BCUT2D eigenvalue weighted by Gasteiger charge is -2.02. The van der Waals surface area contributed by atoms with Crippen LogP contribution in [0.2, 0.25) is 0 Å². The van der Waals surface area contributed by atoms with Gasteiger partial charge in [0, 0.05) is 11.8 Å². The molecule has 0 saturated carbocycles. The summed E-state index contributed by atoms with van der Waals surface area (Å²) in [4.78, 5) is 4.25. The smallest absolute Gasteiger partial charge is 0.153 e. The molecule has 3 aromatic rings. The Morgan fingerprint density at radius 2 is 1.89 bits per heavy atom. The maximum absolute atomic E-state index is 5.63. The molecule has 3 rings (SSSR count). The Balaban J connectivity index is 2.00. The van der Waals surface area contributed by atoms with Crippen molar-refractivity contribution in [3.05, 3.63) is 60.6 Å². The fourth-order valence-corrected chi connectivity index (χ4v) is 2.02. The van der Waals surface area contributed by atoms with Crippen LogP contribution >= 0.6 is 0 Å². The van der Waals surface area contributed by atoms with Gasteiger partial charge in [0.05, 0.1) is 18.1 Å². The van der Waals surface area contributed by atoms with E-state index < -0.39 is 0 Å². The summed E-state index contributed by atoms with van der Waals surface area (Å²) < 4.78 is 1.75. The summed E-state index contributed by atoms with van der Waals surface area (Å²) in [7, 11) is 0. The third-order valence-corrected chi connectivity index (χ3v) is 3.04. The molecule has 2 N–H and O–H groups in total. The molecule has 0 aliphatic heterocycles. The molecular weight excluding hydrogens is 236 g/mol. The number of aryl methyl sites for hydroxylation is 1. The van der Waals surface area contributed by atoms with Gasteiger partial charge in [-0.25, -0.2) is 9.67 Å². The van der Waals surface area contributed by atoms with Crippen molar-refractivity contribution < 1.29 is 0 Å². The molecule has 0 aliphatic rings. The van der Waals surface area contributed by atoms with Crippen LogP contribution in [0.5, 0.6) is 0 Å². The van der Waals surface area contributed by atoms with Gasteiger partial charge in [-0.05, 0) is 30.2 Å². The number of nitrogens with zero attached hydrogens (tertiary/aromatic N) is 3. The zero-order valence-electron chi connectivity index (χ0n) is 10.6. The van der Waals surface area contributed by atoms with E-state index in [1.165, 1.54) is 11.1 Å². The van der Waals surface area contributed by atoms with Gasteiger partial charge < -0.3 is 5.73 Å². The molecule has 2 heterocycles. The van der Waals surface area contributed by atoms with Crippen LogP contribution in [0, 0.1) is 6.92 Å². The monoisotopic (exact) mass is 250 g/mol. The van der Waals surface area contributed by atoms with Crippen LogP contribution in [-0.4, -0.2) is 14.8 Å². The molecule has 0 saturated heterocycles. The first-order chi connectivity index (χ1) is 9.24. The Kier molecular flexibility index (Phi) is 2.76. The van der Waals surface area contributed by atoms with E-state index in [9.17, 15) is 0 Å². The van der Waals surface area contributed by atoms with Gasteiger partial charge in [-0.1, -0.05) is 24.3 Å². The number of anilines is 1. The van der Waals surface area contributed by atoms with Crippen LogP contribution < -0.4 is 5.73 Å². The van der Waals surface area contributed by atoms with E-state index in [1.807, 2.05) is 36.7 Å². The second-order valence-corrected chi connectivity index (χ2v) is 4.44. The van der Waals surface area contributed by atoms with Gasteiger partial charge in [-0.3, -0.25) is 0 Å². The number of nitrogen functional groups attached to an aromatic ring is 1. The molecule has 4 heteroatoms. The van der Waals surface area contributed by atoms with Crippen LogP contribution in [0.3, 0.4) is 0 Å². The van der Waals surface area contributed by atoms with Gasteiger partial charge in [0.1, 0.15) is 0 Å². The average molecular weight is 250 g/mol. The molecule has 0 unspecified atom stereocenters. The third-order valence-electron chi connectivity index (χ3n) is 3.04. The quantitative estimate of drug-likeness (QED) is 0.760. The van der Waals surface area contributed by atoms with Gasteiger partial charge in [-0.15, -0.1) is 0 Å². The highest BCUT2D eigenvalue weighted by Crippen LogP contribution is 2.23. The van der Waals surface area contributed by atoms with E-state index in [0.29, 0.717) is 5.69 Å². The van der Waals surface area contributed by atoms with Crippen molar-refractivity contribution in [2.45, 2.75) is 6.92 Å². The first-order valence-corrected chi connectivity index (χ1v) is 6.06. The van der Waals surface area contributed by atoms with Gasteiger partial charge in [-0.2, -0.15) is 5.10 Å². The van der Waals surface area contributed by atoms with E-state index in [-0.39, 0.29) is 0 Å². The average Bonchev–Trinajstić information content (AvgIpc) is 2.89. The largest absolute Gasteiger partial charge is 0.397 e. The summed E-state index contributed by atoms with van der Waals surface area (Å²) in [6.07, 6.45) is 5.45. The minimum atomic E-state index is 0.648. The highest BCUT2D eigenvalue weighted by Gasteiger charge is 2.05. The molecule has 4 nitrogen and oxygen atoms in total. The molecule has 0 amide bonds. The zero-order valence-corrected chi connectivity index (χ0v) is 10.6. The zero-order chi connectivity index (χ0) is 13.2. The van der Waals surface area contributed by atoms with Crippen molar-refractivity contribution in [1.29, 1.82) is 0 Å². The lowest BCUT2D eigenvalue weighted by molar-refractivity contribution is 0.847. The van der Waals surface area contributed by atoms with Crippen LogP contribution in [0.1, 0.15) is 5.56 Å². The molecule has 0 spiro atoms. The van der Waals surface area contributed by atoms with E-state index in [0.717, 1.165) is 11.4 Å². The predicted octanol–water partition coefficient (Wildman–Crippen LogP) is 2.82. The predicted molar refractivity (Wildman–Crippen MR) is 75.9 cm³/mol. The minimum Gasteiger partial charge on any atom is -0.397 e. The molecule has 19 heavy (non-hydrogen) atoms. The van der Waals surface area contributed by atoms with E-state index in [4.69, 9.17) is 5.73 Å². The Labute approximate surface area is 111 Å². The lowest BCUT2D eigenvalue weighted by Crippen LogP contribution is -1.98. The van der Waals surface area contributed by atoms with Crippen molar-refractivity contribution in [2.24, 2.45) is 0 Å². The van der Waals surface area contributed by atoms with Crippen LogP contribution in [-0.2, 0) is 0 Å². The van der Waals surface area contributed by atoms with Crippen molar-refractivity contribution in [3.63, 3.8) is 0 Å². The number of hydrogen-bond donors (Lipinski definition) is 1. The summed E-state index contributed by atoms with van der Waals surface area (Å²) in [5.41, 5.74) is 9.77. The number of pyridine rings is 1. The van der Waals surface area contributed by atoms with Crippen molar-refractivity contribution in [3.8, 4) is 16.9 Å². The van der Waals surface area contributed by atoms with E-state index >= 15 is 0 Å². The number of hydrogen-bond acceptors (Lipinski definition) is 3. The SMILES string of the molecule is Cc1ccccc1-c1cnn(-c2ccc(N)cn2)c1. The Hall–Kier alpha value is -2.62. The first kappa shape index (κ1) is 11.5. The fourth-order valence-electron chi connectivity index (χ4n) is 2.02. The van der Waals surface area contributed by atoms with Crippen LogP contribution in [0.4, 0.5) is 5.69 Å². The fraction of sp³-hybridized carbons (Fsp3) is 0.0667. The molecule has 94 valence electrons. The molecule has 0 bridgehead atoms. The van der Waals surface area contributed by atoms with Crippen molar-refractivity contribution in [2.75, 3.05) is 5.73 Å². The van der Waals surface area contributed by atoms with E-state index in [2.05, 4.69) is 29.1 Å². The van der Waals surface area contributed by atoms with Gasteiger partial charge in [0.15, 0.2) is 5.82 Å². The third kappa shape index (κ3) is 2.20. The molecule has 0 atom stereocenters. The molecule has 2 aromatic heterocycles. The highest BCUT2D eigenvalue weighted by molar-refractivity contribution is 5.65. The van der Waals surface area contributed by atoms with Gasteiger partial charge in [0.2, 0.25) is 0 Å². The second kappa shape index (κ2) is 4.57. The van der Waals surface area contributed by atoms with Crippen LogP contribution in [0.15, 0.2) is 55.0 Å². The maximum Gasteiger partial charge on any atom is 0.153 e. The second-order valence-electron chi connectivity index (χ2n) is 4.44. The summed E-state index contributed by atoms with van der Waals surface area (Å²) in [5, 5.41) is 4.35. The molecule has 0 aliphatic carbocycles. The number of aromatic nitrogens is 3. The van der Waals surface area contributed by atoms with Gasteiger partial charge in [0.25, 0.3) is 0 Å². The highest BCUT2D eigenvalue weighted by atomic mass is 15.3. The Morgan fingerprint density at radius 3 is 2.63 bits per heavy atom. The topological polar surface area (TPSA) is 56.7 Å². The number of benzene rings is 1. The molecular formula is C15H14N4.